The lowest BCUT2D eigenvalue weighted by Crippen LogP contribution is -2.36. The molecule has 0 unspecified atom stereocenters. The molecule has 0 saturated carbocycles. The van der Waals surface area contributed by atoms with Crippen molar-refractivity contribution >= 4 is 0 Å². The van der Waals surface area contributed by atoms with Gasteiger partial charge in [-0.25, -0.2) is 0 Å². The molecule has 0 rings (SSSR count). The predicted molar refractivity (Wildman–Crippen MR) is 103 cm³/mol. The van der Waals surface area contributed by atoms with Crippen LogP contribution in [0.5, 0.6) is 0 Å². The zero-order valence-corrected chi connectivity index (χ0v) is 16.8. The first-order valence-electron chi connectivity index (χ1n) is 10.3. The highest BCUT2D eigenvalue weighted by Crippen LogP contribution is 2.27. The second-order valence-corrected chi connectivity index (χ2v) is 6.40. The molecule has 0 radical (unpaired) electrons. The van der Waals surface area contributed by atoms with Gasteiger partial charge in [0.15, 0.2) is 5.79 Å². The average molecular weight is 343 g/mol. The molecule has 0 aromatic heterocycles. The van der Waals surface area contributed by atoms with Gasteiger partial charge in [0.2, 0.25) is 0 Å². The number of rotatable bonds is 18. The molecule has 0 amide bonds. The highest BCUT2D eigenvalue weighted by Gasteiger charge is 2.30. The highest BCUT2D eigenvalue weighted by atomic mass is 16.7. The van der Waals surface area contributed by atoms with Crippen molar-refractivity contribution < 1.29 is 14.2 Å². The van der Waals surface area contributed by atoms with Crippen molar-refractivity contribution in [1.29, 1.82) is 0 Å². The Hall–Kier alpha value is -0.540. The zero-order chi connectivity index (χ0) is 17.9. The van der Waals surface area contributed by atoms with E-state index >= 15 is 0 Å². The van der Waals surface area contributed by atoms with Crippen LogP contribution in [-0.2, 0) is 14.2 Å². The van der Waals surface area contributed by atoms with E-state index in [2.05, 4.69) is 27.7 Å². The van der Waals surface area contributed by atoms with E-state index in [0.29, 0.717) is 13.2 Å². The van der Waals surface area contributed by atoms with Crippen molar-refractivity contribution in [1.82, 2.24) is 0 Å². The average Bonchev–Trinajstić information content (AvgIpc) is 2.58. The molecule has 0 aromatic carbocycles. The molecule has 0 aliphatic carbocycles. The van der Waals surface area contributed by atoms with Crippen LogP contribution in [0.2, 0.25) is 0 Å². The quantitative estimate of drug-likeness (QED) is 0.159. The minimum Gasteiger partial charge on any atom is -0.502 e. The summed E-state index contributed by atoms with van der Waals surface area (Å²) in [6.45, 7) is 10.6. The summed E-state index contributed by atoms with van der Waals surface area (Å²) in [6.07, 6.45) is 16.9. The molecular formula is C21H42O3. The van der Waals surface area contributed by atoms with Crippen molar-refractivity contribution in [2.24, 2.45) is 0 Å². The van der Waals surface area contributed by atoms with Gasteiger partial charge in [-0.1, -0.05) is 58.4 Å². The van der Waals surface area contributed by atoms with E-state index < -0.39 is 5.79 Å². The summed E-state index contributed by atoms with van der Waals surface area (Å²) in [6, 6.07) is 0. The van der Waals surface area contributed by atoms with Crippen molar-refractivity contribution in [2.45, 2.75) is 104 Å². The molecular weight excluding hydrogens is 300 g/mol. The topological polar surface area (TPSA) is 27.7 Å². The maximum absolute atomic E-state index is 6.05. The van der Waals surface area contributed by atoms with Gasteiger partial charge in [-0.3, -0.25) is 0 Å². The lowest BCUT2D eigenvalue weighted by molar-refractivity contribution is -0.242. The van der Waals surface area contributed by atoms with E-state index in [1.807, 2.05) is 6.08 Å². The van der Waals surface area contributed by atoms with E-state index in [-0.39, 0.29) is 0 Å². The summed E-state index contributed by atoms with van der Waals surface area (Å²) >= 11 is 0. The molecule has 0 heterocycles. The Balaban J connectivity index is 4.15. The van der Waals surface area contributed by atoms with Crippen LogP contribution in [0.25, 0.3) is 0 Å². The molecule has 0 aliphatic heterocycles. The van der Waals surface area contributed by atoms with Gasteiger partial charge >= 0.3 is 0 Å². The minimum atomic E-state index is -0.412. The maximum atomic E-state index is 6.05. The van der Waals surface area contributed by atoms with Crippen molar-refractivity contribution in [2.75, 3.05) is 19.8 Å². The summed E-state index contributed by atoms with van der Waals surface area (Å²) in [5.41, 5.74) is 0. The molecule has 3 nitrogen and oxygen atoms in total. The summed E-state index contributed by atoms with van der Waals surface area (Å²) in [7, 11) is 0. The predicted octanol–water partition coefficient (Wildman–Crippen LogP) is 6.62. The van der Waals surface area contributed by atoms with Crippen LogP contribution in [0.15, 0.2) is 12.3 Å². The van der Waals surface area contributed by atoms with Crippen molar-refractivity contribution in [3.63, 3.8) is 0 Å². The number of hydrogen-bond donors (Lipinski definition) is 0. The molecule has 0 bridgehead atoms. The van der Waals surface area contributed by atoms with Crippen LogP contribution in [0.3, 0.4) is 0 Å². The Labute approximate surface area is 151 Å². The van der Waals surface area contributed by atoms with Crippen LogP contribution >= 0.6 is 0 Å². The molecule has 3 heteroatoms. The summed E-state index contributed by atoms with van der Waals surface area (Å²) < 4.78 is 17.6. The molecule has 0 aromatic rings. The number of hydrogen-bond acceptors (Lipinski definition) is 3. The molecule has 0 saturated heterocycles. The van der Waals surface area contributed by atoms with Gasteiger partial charge in [0.05, 0.1) is 12.9 Å². The SMILES string of the molecule is CCC=COCCCC(CCCCCCCCC)(OCC)OCC. The maximum Gasteiger partial charge on any atom is 0.168 e. The summed E-state index contributed by atoms with van der Waals surface area (Å²) in [4.78, 5) is 0. The van der Waals surface area contributed by atoms with Crippen LogP contribution in [-0.4, -0.2) is 25.6 Å². The molecule has 144 valence electrons. The van der Waals surface area contributed by atoms with Gasteiger partial charge in [0.25, 0.3) is 0 Å². The van der Waals surface area contributed by atoms with E-state index in [4.69, 9.17) is 14.2 Å². The molecule has 0 spiro atoms. The second kappa shape index (κ2) is 17.3. The number of allylic oxidation sites excluding steroid dienone is 1. The Bertz CT molecular complexity index is 270. The van der Waals surface area contributed by atoms with Gasteiger partial charge in [0.1, 0.15) is 0 Å². The third-order valence-corrected chi connectivity index (χ3v) is 4.22. The molecule has 0 aliphatic rings. The molecule has 0 N–H and O–H groups in total. The highest BCUT2D eigenvalue weighted by molar-refractivity contribution is 4.73. The molecule has 24 heavy (non-hydrogen) atoms. The fraction of sp³-hybridized carbons (Fsp3) is 0.905. The summed E-state index contributed by atoms with van der Waals surface area (Å²) in [5.74, 6) is -0.412. The Morgan fingerprint density at radius 1 is 0.708 bits per heavy atom. The van der Waals surface area contributed by atoms with E-state index in [1.54, 1.807) is 6.26 Å². The third-order valence-electron chi connectivity index (χ3n) is 4.22. The third kappa shape index (κ3) is 12.8. The Morgan fingerprint density at radius 2 is 1.29 bits per heavy atom. The normalized spacial score (nSPS) is 12.2. The van der Waals surface area contributed by atoms with Crippen LogP contribution in [0.1, 0.15) is 98.3 Å². The molecule has 0 atom stereocenters. The van der Waals surface area contributed by atoms with Gasteiger partial charge in [-0.15, -0.1) is 0 Å². The van der Waals surface area contributed by atoms with Gasteiger partial charge in [-0.05, 0) is 33.1 Å². The summed E-state index contributed by atoms with van der Waals surface area (Å²) in [5, 5.41) is 0. The fourth-order valence-electron chi connectivity index (χ4n) is 2.99. The van der Waals surface area contributed by atoms with Crippen LogP contribution in [0, 0.1) is 0 Å². The van der Waals surface area contributed by atoms with Crippen LogP contribution < -0.4 is 0 Å². The second-order valence-electron chi connectivity index (χ2n) is 6.40. The first-order valence-corrected chi connectivity index (χ1v) is 10.3. The lowest BCUT2D eigenvalue weighted by atomic mass is 10.0. The van der Waals surface area contributed by atoms with Crippen molar-refractivity contribution in [3.8, 4) is 0 Å². The Kier molecular flexibility index (Phi) is 16.9. The first-order chi connectivity index (χ1) is 11.7. The van der Waals surface area contributed by atoms with E-state index in [0.717, 1.165) is 32.3 Å². The number of unbranched alkanes of at least 4 members (excludes halogenated alkanes) is 6. The van der Waals surface area contributed by atoms with Crippen molar-refractivity contribution in [3.05, 3.63) is 12.3 Å². The first kappa shape index (κ1) is 23.5. The monoisotopic (exact) mass is 342 g/mol. The van der Waals surface area contributed by atoms with E-state index in [1.165, 1.54) is 44.9 Å². The zero-order valence-electron chi connectivity index (χ0n) is 16.8. The largest absolute Gasteiger partial charge is 0.502 e. The molecule has 0 fully saturated rings. The van der Waals surface area contributed by atoms with Gasteiger partial charge in [-0.2, -0.15) is 0 Å². The smallest absolute Gasteiger partial charge is 0.168 e. The van der Waals surface area contributed by atoms with Gasteiger partial charge < -0.3 is 14.2 Å². The fourth-order valence-corrected chi connectivity index (χ4v) is 2.99. The number of ether oxygens (including phenoxy) is 3. The van der Waals surface area contributed by atoms with E-state index in [9.17, 15) is 0 Å². The minimum absolute atomic E-state index is 0.412. The lowest BCUT2D eigenvalue weighted by Gasteiger charge is -2.33. The Morgan fingerprint density at radius 3 is 1.88 bits per heavy atom. The standard InChI is InChI=1S/C21H42O3/c1-5-9-11-12-13-14-15-17-21(23-7-3,24-8-4)18-16-20-22-19-10-6-2/h10,19H,5-9,11-18,20H2,1-4H3. The van der Waals surface area contributed by atoms with Gasteiger partial charge in [0, 0.05) is 26.1 Å². The van der Waals surface area contributed by atoms with Crippen LogP contribution in [0.4, 0.5) is 0 Å².